The first-order valence-corrected chi connectivity index (χ1v) is 8.03. The predicted molar refractivity (Wildman–Crippen MR) is 98.1 cm³/mol. The zero-order valence-corrected chi connectivity index (χ0v) is 13.4. The molecule has 4 rings (SSSR count). The van der Waals surface area contributed by atoms with Gasteiger partial charge < -0.3 is 10.3 Å². The molecule has 0 aliphatic rings. The standard InChI is InChI=1S/C20H16N4O/c25-20(13-14-6-7-16-10-11-21-18(16)12-14)22-19-9-8-17(23-24-19)15-4-2-1-3-5-15/h1-12,21H,13H2,(H,22,24,25). The van der Waals surface area contributed by atoms with E-state index in [0.717, 1.165) is 27.7 Å². The summed E-state index contributed by atoms with van der Waals surface area (Å²) in [4.78, 5) is 15.4. The number of rotatable bonds is 4. The van der Waals surface area contributed by atoms with Crippen LogP contribution in [0.25, 0.3) is 22.2 Å². The number of amides is 1. The Hall–Kier alpha value is -3.47. The molecule has 0 unspecified atom stereocenters. The van der Waals surface area contributed by atoms with Crippen LogP contribution in [0.3, 0.4) is 0 Å². The zero-order valence-electron chi connectivity index (χ0n) is 13.4. The van der Waals surface area contributed by atoms with E-state index in [-0.39, 0.29) is 12.3 Å². The zero-order chi connectivity index (χ0) is 17.1. The second-order valence-corrected chi connectivity index (χ2v) is 5.79. The molecule has 1 amide bonds. The molecule has 2 aromatic carbocycles. The fraction of sp³-hybridized carbons (Fsp3) is 0.0500. The number of anilines is 1. The minimum absolute atomic E-state index is 0.118. The molecule has 5 heteroatoms. The summed E-state index contributed by atoms with van der Waals surface area (Å²) < 4.78 is 0. The van der Waals surface area contributed by atoms with Crippen molar-refractivity contribution in [3.8, 4) is 11.3 Å². The van der Waals surface area contributed by atoms with Crippen molar-refractivity contribution in [2.45, 2.75) is 6.42 Å². The maximum Gasteiger partial charge on any atom is 0.229 e. The molecule has 25 heavy (non-hydrogen) atoms. The van der Waals surface area contributed by atoms with Crippen LogP contribution in [0.5, 0.6) is 0 Å². The molecule has 0 aliphatic heterocycles. The second kappa shape index (κ2) is 6.57. The first kappa shape index (κ1) is 15.1. The van der Waals surface area contributed by atoms with Crippen LogP contribution < -0.4 is 5.32 Å². The number of fused-ring (bicyclic) bond motifs is 1. The van der Waals surface area contributed by atoms with E-state index in [4.69, 9.17) is 0 Å². The number of hydrogen-bond donors (Lipinski definition) is 2. The number of nitrogens with one attached hydrogen (secondary N) is 2. The van der Waals surface area contributed by atoms with Crippen LogP contribution in [0.4, 0.5) is 5.82 Å². The van der Waals surface area contributed by atoms with Gasteiger partial charge in [-0.05, 0) is 35.2 Å². The molecule has 0 saturated heterocycles. The molecular weight excluding hydrogens is 312 g/mol. The third-order valence-corrected chi connectivity index (χ3v) is 3.99. The maximum absolute atomic E-state index is 12.2. The highest BCUT2D eigenvalue weighted by Gasteiger charge is 2.07. The van der Waals surface area contributed by atoms with Crippen LogP contribution >= 0.6 is 0 Å². The third kappa shape index (κ3) is 3.40. The van der Waals surface area contributed by atoms with Gasteiger partial charge in [0.25, 0.3) is 0 Å². The number of aromatic amines is 1. The minimum Gasteiger partial charge on any atom is -0.361 e. The molecule has 122 valence electrons. The van der Waals surface area contributed by atoms with Crippen LogP contribution in [0.1, 0.15) is 5.56 Å². The molecule has 0 aliphatic carbocycles. The Balaban J connectivity index is 1.43. The highest BCUT2D eigenvalue weighted by molar-refractivity contribution is 5.92. The average Bonchev–Trinajstić information content (AvgIpc) is 3.11. The highest BCUT2D eigenvalue weighted by Crippen LogP contribution is 2.17. The predicted octanol–water partition coefficient (Wildman–Crippen LogP) is 3.81. The lowest BCUT2D eigenvalue weighted by Gasteiger charge is -2.05. The summed E-state index contributed by atoms with van der Waals surface area (Å²) in [5, 5.41) is 12.2. The van der Waals surface area contributed by atoms with Crippen molar-refractivity contribution < 1.29 is 4.79 Å². The summed E-state index contributed by atoms with van der Waals surface area (Å²) in [7, 11) is 0. The highest BCUT2D eigenvalue weighted by atomic mass is 16.1. The number of H-pyrrole nitrogens is 1. The van der Waals surface area contributed by atoms with E-state index in [2.05, 4.69) is 20.5 Å². The fourth-order valence-corrected chi connectivity index (χ4v) is 2.74. The van der Waals surface area contributed by atoms with Crippen molar-refractivity contribution >= 4 is 22.6 Å². The van der Waals surface area contributed by atoms with E-state index in [9.17, 15) is 4.79 Å². The summed E-state index contributed by atoms with van der Waals surface area (Å²) in [5.74, 6) is 0.332. The molecule has 5 nitrogen and oxygen atoms in total. The molecule has 2 N–H and O–H groups in total. The van der Waals surface area contributed by atoms with E-state index in [0.29, 0.717) is 5.82 Å². The maximum atomic E-state index is 12.2. The fourth-order valence-electron chi connectivity index (χ4n) is 2.74. The lowest BCUT2D eigenvalue weighted by Crippen LogP contribution is -2.15. The quantitative estimate of drug-likeness (QED) is 0.598. The SMILES string of the molecule is O=C(Cc1ccc2cc[nH]c2c1)Nc1ccc(-c2ccccc2)nn1. The summed E-state index contributed by atoms with van der Waals surface area (Å²) in [5.41, 5.74) is 3.74. The van der Waals surface area contributed by atoms with Gasteiger partial charge in [0.15, 0.2) is 5.82 Å². The first-order valence-electron chi connectivity index (χ1n) is 8.03. The van der Waals surface area contributed by atoms with Crippen LogP contribution in [0.15, 0.2) is 72.9 Å². The summed E-state index contributed by atoms with van der Waals surface area (Å²) in [6.07, 6.45) is 2.18. The molecule has 2 aromatic heterocycles. The Morgan fingerprint density at radius 2 is 1.84 bits per heavy atom. The summed E-state index contributed by atoms with van der Waals surface area (Å²) in [6.45, 7) is 0. The number of aromatic nitrogens is 3. The van der Waals surface area contributed by atoms with E-state index >= 15 is 0 Å². The van der Waals surface area contributed by atoms with Crippen LogP contribution in [0.2, 0.25) is 0 Å². The van der Waals surface area contributed by atoms with Crippen molar-refractivity contribution in [1.82, 2.24) is 15.2 Å². The molecule has 0 fully saturated rings. The molecule has 0 radical (unpaired) electrons. The van der Waals surface area contributed by atoms with Crippen molar-refractivity contribution in [3.63, 3.8) is 0 Å². The smallest absolute Gasteiger partial charge is 0.229 e. The Morgan fingerprint density at radius 3 is 2.64 bits per heavy atom. The molecular formula is C20H16N4O. The topological polar surface area (TPSA) is 70.7 Å². The average molecular weight is 328 g/mol. The van der Waals surface area contributed by atoms with Crippen molar-refractivity contribution in [3.05, 3.63) is 78.5 Å². The largest absolute Gasteiger partial charge is 0.361 e. The first-order chi connectivity index (χ1) is 12.3. The second-order valence-electron chi connectivity index (χ2n) is 5.79. The van der Waals surface area contributed by atoms with E-state index in [1.54, 1.807) is 6.07 Å². The molecule has 0 saturated carbocycles. The number of nitrogens with zero attached hydrogens (tertiary/aromatic N) is 2. The molecule has 0 spiro atoms. The van der Waals surface area contributed by atoms with Crippen LogP contribution in [-0.4, -0.2) is 21.1 Å². The van der Waals surface area contributed by atoms with Gasteiger partial charge in [0.1, 0.15) is 0 Å². The van der Waals surface area contributed by atoms with Crippen LogP contribution in [0, 0.1) is 0 Å². The number of benzene rings is 2. The van der Waals surface area contributed by atoms with Crippen molar-refractivity contribution in [2.24, 2.45) is 0 Å². The van der Waals surface area contributed by atoms with Gasteiger partial charge in [-0.25, -0.2) is 0 Å². The van der Waals surface area contributed by atoms with Gasteiger partial charge in [-0.1, -0.05) is 42.5 Å². The lowest BCUT2D eigenvalue weighted by atomic mass is 10.1. The van der Waals surface area contributed by atoms with Crippen LogP contribution in [-0.2, 0) is 11.2 Å². The van der Waals surface area contributed by atoms with Gasteiger partial charge in [-0.3, -0.25) is 4.79 Å². The minimum atomic E-state index is -0.118. The van der Waals surface area contributed by atoms with Gasteiger partial charge in [0.05, 0.1) is 12.1 Å². The molecule has 2 heterocycles. The number of carbonyl (C=O) groups excluding carboxylic acids is 1. The Bertz CT molecular complexity index is 1010. The molecule has 0 bridgehead atoms. The van der Waals surface area contributed by atoms with Crippen molar-refractivity contribution in [2.75, 3.05) is 5.32 Å². The summed E-state index contributed by atoms with van der Waals surface area (Å²) >= 11 is 0. The van der Waals surface area contributed by atoms with Gasteiger partial charge >= 0.3 is 0 Å². The Labute approximate surface area is 144 Å². The number of hydrogen-bond acceptors (Lipinski definition) is 3. The van der Waals surface area contributed by atoms with E-state index < -0.39 is 0 Å². The third-order valence-electron chi connectivity index (χ3n) is 3.99. The molecule has 0 atom stereocenters. The van der Waals surface area contributed by atoms with Gasteiger partial charge in [0, 0.05) is 17.3 Å². The van der Waals surface area contributed by atoms with Gasteiger partial charge in [-0.15, -0.1) is 10.2 Å². The normalized spacial score (nSPS) is 10.7. The van der Waals surface area contributed by atoms with E-state index in [1.807, 2.05) is 66.9 Å². The van der Waals surface area contributed by atoms with Gasteiger partial charge in [0.2, 0.25) is 5.91 Å². The Morgan fingerprint density at radius 1 is 0.960 bits per heavy atom. The molecule has 4 aromatic rings. The Kier molecular flexibility index (Phi) is 3.96. The summed E-state index contributed by atoms with van der Waals surface area (Å²) in [6, 6.07) is 21.4. The van der Waals surface area contributed by atoms with E-state index in [1.165, 1.54) is 0 Å². The van der Waals surface area contributed by atoms with Gasteiger partial charge in [-0.2, -0.15) is 0 Å². The van der Waals surface area contributed by atoms with Crippen molar-refractivity contribution in [1.29, 1.82) is 0 Å². The number of carbonyl (C=O) groups is 1. The lowest BCUT2D eigenvalue weighted by molar-refractivity contribution is -0.115. The monoisotopic (exact) mass is 328 g/mol.